The van der Waals surface area contributed by atoms with Gasteiger partial charge in [0.2, 0.25) is 0 Å². The Labute approximate surface area is 100 Å². The molecule has 0 aliphatic rings. The van der Waals surface area contributed by atoms with E-state index in [-0.39, 0.29) is 12.3 Å². The van der Waals surface area contributed by atoms with Crippen LogP contribution in [0.25, 0.3) is 0 Å². The van der Waals surface area contributed by atoms with Gasteiger partial charge in [0.15, 0.2) is 0 Å². The minimum atomic E-state index is -0.441. The quantitative estimate of drug-likeness (QED) is 0.483. The molecule has 1 rings (SSSR count). The maximum Gasteiger partial charge on any atom is 0.292 e. The van der Waals surface area contributed by atoms with E-state index >= 15 is 0 Å². The highest BCUT2D eigenvalue weighted by Gasteiger charge is 2.17. The monoisotopic (exact) mass is 236 g/mol. The number of benzene rings is 1. The summed E-state index contributed by atoms with van der Waals surface area (Å²) >= 11 is 0. The SMILES string of the molecule is C=C(C)CN(C)c1ccc(CO)cc1[N+](=O)[O-]. The van der Waals surface area contributed by atoms with Crippen LogP contribution in [0.4, 0.5) is 11.4 Å². The van der Waals surface area contributed by atoms with Crippen molar-refractivity contribution in [2.75, 3.05) is 18.5 Å². The molecule has 0 aliphatic carbocycles. The molecule has 0 saturated carbocycles. The molecule has 5 nitrogen and oxygen atoms in total. The van der Waals surface area contributed by atoms with Crippen LogP contribution in [0.5, 0.6) is 0 Å². The lowest BCUT2D eigenvalue weighted by Gasteiger charge is -2.19. The first kappa shape index (κ1) is 13.2. The van der Waals surface area contributed by atoms with Crippen LogP contribution in [0.3, 0.4) is 0 Å². The van der Waals surface area contributed by atoms with Gasteiger partial charge in [-0.15, -0.1) is 0 Å². The third-order valence-corrected chi connectivity index (χ3v) is 2.34. The Morgan fingerprint density at radius 1 is 1.59 bits per heavy atom. The molecule has 0 bridgehead atoms. The van der Waals surface area contributed by atoms with E-state index < -0.39 is 4.92 Å². The molecule has 1 N–H and O–H groups in total. The smallest absolute Gasteiger partial charge is 0.292 e. The average Bonchev–Trinajstić information content (AvgIpc) is 2.27. The second kappa shape index (κ2) is 5.45. The first-order chi connectivity index (χ1) is 7.95. The summed E-state index contributed by atoms with van der Waals surface area (Å²) in [5.74, 6) is 0. The van der Waals surface area contributed by atoms with Gasteiger partial charge in [-0.1, -0.05) is 18.2 Å². The number of nitro benzene ring substituents is 1. The zero-order valence-electron chi connectivity index (χ0n) is 10.0. The summed E-state index contributed by atoms with van der Waals surface area (Å²) in [4.78, 5) is 12.3. The van der Waals surface area contributed by atoms with E-state index in [2.05, 4.69) is 6.58 Å². The van der Waals surface area contributed by atoms with Crippen LogP contribution in [0, 0.1) is 10.1 Å². The molecular formula is C12H16N2O3. The normalized spacial score (nSPS) is 10.1. The van der Waals surface area contributed by atoms with Crippen LogP contribution >= 0.6 is 0 Å². The fourth-order valence-electron chi connectivity index (χ4n) is 1.63. The summed E-state index contributed by atoms with van der Waals surface area (Å²) in [6.45, 7) is 5.99. The molecule has 0 aromatic heterocycles. The highest BCUT2D eigenvalue weighted by Crippen LogP contribution is 2.28. The van der Waals surface area contributed by atoms with E-state index in [9.17, 15) is 10.1 Å². The Kier molecular flexibility index (Phi) is 4.23. The third kappa shape index (κ3) is 3.29. The summed E-state index contributed by atoms with van der Waals surface area (Å²) in [6, 6.07) is 4.72. The topological polar surface area (TPSA) is 66.6 Å². The first-order valence-corrected chi connectivity index (χ1v) is 5.19. The molecule has 92 valence electrons. The van der Waals surface area contributed by atoms with Crippen molar-refractivity contribution in [1.29, 1.82) is 0 Å². The zero-order valence-corrected chi connectivity index (χ0v) is 10.0. The molecule has 0 atom stereocenters. The number of nitro groups is 1. The molecule has 0 saturated heterocycles. The van der Waals surface area contributed by atoms with Crippen LogP contribution in [0.15, 0.2) is 30.4 Å². The first-order valence-electron chi connectivity index (χ1n) is 5.19. The van der Waals surface area contributed by atoms with Gasteiger partial charge in [-0.2, -0.15) is 0 Å². The Morgan fingerprint density at radius 2 is 2.24 bits per heavy atom. The van der Waals surface area contributed by atoms with E-state index in [0.717, 1.165) is 5.57 Å². The minimum Gasteiger partial charge on any atom is -0.392 e. The number of aliphatic hydroxyl groups excluding tert-OH is 1. The molecule has 1 aromatic rings. The maximum absolute atomic E-state index is 11.0. The second-order valence-corrected chi connectivity index (χ2v) is 4.05. The van der Waals surface area contributed by atoms with Gasteiger partial charge in [-0.05, 0) is 18.6 Å². The van der Waals surface area contributed by atoms with Gasteiger partial charge < -0.3 is 10.0 Å². The number of aliphatic hydroxyl groups is 1. The molecule has 0 unspecified atom stereocenters. The number of hydrogen-bond donors (Lipinski definition) is 1. The van der Waals surface area contributed by atoms with Gasteiger partial charge in [0.25, 0.3) is 5.69 Å². The van der Waals surface area contributed by atoms with Crippen LogP contribution < -0.4 is 4.90 Å². The van der Waals surface area contributed by atoms with E-state index in [0.29, 0.717) is 17.8 Å². The lowest BCUT2D eigenvalue weighted by Crippen LogP contribution is -2.20. The molecule has 0 radical (unpaired) electrons. The molecular weight excluding hydrogens is 220 g/mol. The highest BCUT2D eigenvalue weighted by molar-refractivity contribution is 5.64. The predicted octanol–water partition coefficient (Wildman–Crippen LogP) is 2.10. The minimum absolute atomic E-state index is 0.000278. The van der Waals surface area contributed by atoms with E-state index in [1.54, 1.807) is 24.1 Å². The molecule has 0 heterocycles. The standard InChI is InChI=1S/C12H16N2O3/c1-9(2)7-13(3)11-5-4-10(8-15)6-12(11)14(16)17/h4-6,15H,1,7-8H2,2-3H3. The van der Waals surface area contributed by atoms with Crippen molar-refractivity contribution in [1.82, 2.24) is 0 Å². The number of likely N-dealkylation sites (N-methyl/N-ethyl adjacent to an activating group) is 1. The van der Waals surface area contributed by atoms with Crippen LogP contribution in [0.2, 0.25) is 0 Å². The van der Waals surface area contributed by atoms with Crippen molar-refractivity contribution in [2.24, 2.45) is 0 Å². The van der Waals surface area contributed by atoms with Gasteiger partial charge in [0.1, 0.15) is 5.69 Å². The Balaban J connectivity index is 3.14. The summed E-state index contributed by atoms with van der Waals surface area (Å²) in [6.07, 6.45) is 0. The number of anilines is 1. The van der Waals surface area contributed by atoms with Crippen LogP contribution in [0.1, 0.15) is 12.5 Å². The highest BCUT2D eigenvalue weighted by atomic mass is 16.6. The van der Waals surface area contributed by atoms with Crippen molar-refractivity contribution in [3.8, 4) is 0 Å². The average molecular weight is 236 g/mol. The van der Waals surface area contributed by atoms with Crippen molar-refractivity contribution in [2.45, 2.75) is 13.5 Å². The van der Waals surface area contributed by atoms with Gasteiger partial charge in [-0.3, -0.25) is 10.1 Å². The summed E-state index contributed by atoms with van der Waals surface area (Å²) in [5.41, 5.74) is 1.98. The summed E-state index contributed by atoms with van der Waals surface area (Å²) < 4.78 is 0. The van der Waals surface area contributed by atoms with E-state index in [1.807, 2.05) is 6.92 Å². The lowest BCUT2D eigenvalue weighted by atomic mass is 10.1. The summed E-state index contributed by atoms with van der Waals surface area (Å²) in [5, 5.41) is 19.9. The third-order valence-electron chi connectivity index (χ3n) is 2.34. The fourth-order valence-corrected chi connectivity index (χ4v) is 1.63. The van der Waals surface area contributed by atoms with E-state index in [4.69, 9.17) is 5.11 Å². The van der Waals surface area contributed by atoms with Crippen LogP contribution in [-0.2, 0) is 6.61 Å². The molecule has 1 aromatic carbocycles. The van der Waals surface area contributed by atoms with Crippen molar-refractivity contribution in [3.05, 3.63) is 46.0 Å². The Hall–Kier alpha value is -1.88. The van der Waals surface area contributed by atoms with Gasteiger partial charge in [-0.25, -0.2) is 0 Å². The second-order valence-electron chi connectivity index (χ2n) is 4.05. The predicted molar refractivity (Wildman–Crippen MR) is 67.1 cm³/mol. The maximum atomic E-state index is 11.0. The van der Waals surface area contributed by atoms with Gasteiger partial charge in [0, 0.05) is 19.7 Å². The molecule has 17 heavy (non-hydrogen) atoms. The van der Waals surface area contributed by atoms with Gasteiger partial charge in [0.05, 0.1) is 11.5 Å². The fraction of sp³-hybridized carbons (Fsp3) is 0.333. The zero-order chi connectivity index (χ0) is 13.0. The van der Waals surface area contributed by atoms with Crippen molar-refractivity contribution < 1.29 is 10.0 Å². The molecule has 0 aliphatic heterocycles. The van der Waals surface area contributed by atoms with E-state index in [1.165, 1.54) is 6.07 Å². The Morgan fingerprint density at radius 3 is 2.71 bits per heavy atom. The summed E-state index contributed by atoms with van der Waals surface area (Å²) in [7, 11) is 1.77. The van der Waals surface area contributed by atoms with Crippen molar-refractivity contribution in [3.63, 3.8) is 0 Å². The lowest BCUT2D eigenvalue weighted by molar-refractivity contribution is -0.384. The number of nitrogens with zero attached hydrogens (tertiary/aromatic N) is 2. The van der Waals surface area contributed by atoms with Gasteiger partial charge >= 0.3 is 0 Å². The van der Waals surface area contributed by atoms with Crippen LogP contribution in [-0.4, -0.2) is 23.6 Å². The largest absolute Gasteiger partial charge is 0.392 e. The number of rotatable bonds is 5. The molecule has 5 heteroatoms. The molecule has 0 fully saturated rings. The number of hydrogen-bond acceptors (Lipinski definition) is 4. The molecule has 0 amide bonds. The molecule has 0 spiro atoms. The van der Waals surface area contributed by atoms with Crippen molar-refractivity contribution >= 4 is 11.4 Å². The Bertz CT molecular complexity index is 443.